The number of amides is 1. The van der Waals surface area contributed by atoms with Gasteiger partial charge in [0.05, 0.1) is 30.2 Å². The number of benzene rings is 2. The largest absolute Gasteiger partial charge is 0.496 e. The van der Waals surface area contributed by atoms with E-state index in [1.165, 1.54) is 0 Å². The van der Waals surface area contributed by atoms with Crippen LogP contribution in [0, 0.1) is 6.92 Å². The average Bonchev–Trinajstić information content (AvgIpc) is 3.25. The number of carbonyl (C=O) groups excluding carboxylic acids is 1. The molecule has 0 saturated carbocycles. The first-order valence-electron chi connectivity index (χ1n) is 10.1. The van der Waals surface area contributed by atoms with Crippen molar-refractivity contribution in [2.24, 2.45) is 0 Å². The maximum atomic E-state index is 12.9. The van der Waals surface area contributed by atoms with E-state index < -0.39 is 0 Å². The SMILES string of the molecule is COc1cc(CNC(=O)c2cc(-c3ccccc3)c(N3CCOCC3)s2)ccc1C. The van der Waals surface area contributed by atoms with Gasteiger partial charge >= 0.3 is 0 Å². The minimum Gasteiger partial charge on any atom is -0.496 e. The Bertz CT molecular complexity index is 1010. The van der Waals surface area contributed by atoms with E-state index in [9.17, 15) is 4.79 Å². The van der Waals surface area contributed by atoms with Crippen LogP contribution >= 0.6 is 11.3 Å². The smallest absolute Gasteiger partial charge is 0.261 e. The number of methoxy groups -OCH3 is 1. The number of morpholine rings is 1. The number of nitrogens with zero attached hydrogens (tertiary/aromatic N) is 1. The molecule has 1 N–H and O–H groups in total. The molecule has 0 aliphatic carbocycles. The highest BCUT2D eigenvalue weighted by atomic mass is 32.1. The highest BCUT2D eigenvalue weighted by molar-refractivity contribution is 7.18. The lowest BCUT2D eigenvalue weighted by molar-refractivity contribution is 0.0955. The second kappa shape index (κ2) is 9.32. The quantitative estimate of drug-likeness (QED) is 0.636. The summed E-state index contributed by atoms with van der Waals surface area (Å²) < 4.78 is 10.9. The van der Waals surface area contributed by atoms with Crippen LogP contribution in [0.3, 0.4) is 0 Å². The summed E-state index contributed by atoms with van der Waals surface area (Å²) in [5, 5.41) is 4.18. The van der Waals surface area contributed by atoms with Gasteiger partial charge in [0.2, 0.25) is 0 Å². The zero-order valence-electron chi connectivity index (χ0n) is 17.3. The summed E-state index contributed by atoms with van der Waals surface area (Å²) in [7, 11) is 1.66. The summed E-state index contributed by atoms with van der Waals surface area (Å²) >= 11 is 1.55. The summed E-state index contributed by atoms with van der Waals surface area (Å²) in [6.45, 7) is 5.56. The third-order valence-electron chi connectivity index (χ3n) is 5.24. The van der Waals surface area contributed by atoms with E-state index in [1.807, 2.05) is 49.4 Å². The van der Waals surface area contributed by atoms with Crippen molar-refractivity contribution in [2.75, 3.05) is 38.3 Å². The molecule has 0 atom stereocenters. The van der Waals surface area contributed by atoms with Gasteiger partial charge < -0.3 is 19.7 Å². The number of thiophene rings is 1. The molecule has 3 aromatic rings. The molecular weight excluding hydrogens is 396 g/mol. The second-order valence-electron chi connectivity index (χ2n) is 7.28. The molecule has 1 aliphatic heterocycles. The van der Waals surface area contributed by atoms with Crippen molar-refractivity contribution in [3.63, 3.8) is 0 Å². The molecule has 0 spiro atoms. The van der Waals surface area contributed by atoms with Gasteiger partial charge in [0.15, 0.2) is 0 Å². The molecule has 4 rings (SSSR count). The van der Waals surface area contributed by atoms with Gasteiger partial charge in [-0.2, -0.15) is 0 Å². The van der Waals surface area contributed by atoms with E-state index >= 15 is 0 Å². The Balaban J connectivity index is 1.56. The highest BCUT2D eigenvalue weighted by Crippen LogP contribution is 2.39. The predicted octanol–water partition coefficient (Wildman–Crippen LogP) is 4.50. The van der Waals surface area contributed by atoms with Gasteiger partial charge in [0.25, 0.3) is 5.91 Å². The van der Waals surface area contributed by atoms with Gasteiger partial charge in [-0.25, -0.2) is 0 Å². The minimum absolute atomic E-state index is 0.0590. The minimum atomic E-state index is -0.0590. The third kappa shape index (κ3) is 4.50. The molecule has 0 radical (unpaired) electrons. The van der Waals surface area contributed by atoms with E-state index in [1.54, 1.807) is 18.4 Å². The molecular formula is C24H26N2O3S. The Kier molecular flexibility index (Phi) is 6.35. The molecule has 1 saturated heterocycles. The third-order valence-corrected chi connectivity index (χ3v) is 6.44. The summed E-state index contributed by atoms with van der Waals surface area (Å²) in [6, 6.07) is 18.2. The Morgan fingerprint density at radius 2 is 1.90 bits per heavy atom. The van der Waals surface area contributed by atoms with Gasteiger partial charge in [-0.3, -0.25) is 4.79 Å². The van der Waals surface area contributed by atoms with Crippen LogP contribution in [0.5, 0.6) is 5.75 Å². The highest BCUT2D eigenvalue weighted by Gasteiger charge is 2.21. The number of hydrogen-bond donors (Lipinski definition) is 1. The first-order chi connectivity index (χ1) is 14.7. The van der Waals surface area contributed by atoms with E-state index in [2.05, 4.69) is 22.3 Å². The fourth-order valence-electron chi connectivity index (χ4n) is 3.56. The Morgan fingerprint density at radius 1 is 1.13 bits per heavy atom. The van der Waals surface area contributed by atoms with Crippen LogP contribution in [0.15, 0.2) is 54.6 Å². The molecule has 1 aromatic heterocycles. The molecule has 30 heavy (non-hydrogen) atoms. The van der Waals surface area contributed by atoms with Gasteiger partial charge in [-0.1, -0.05) is 42.5 Å². The van der Waals surface area contributed by atoms with Crippen molar-refractivity contribution in [1.29, 1.82) is 0 Å². The number of carbonyl (C=O) groups is 1. The molecule has 156 valence electrons. The molecule has 1 amide bonds. The van der Waals surface area contributed by atoms with E-state index in [-0.39, 0.29) is 5.91 Å². The molecule has 5 nitrogen and oxygen atoms in total. The normalized spacial score (nSPS) is 13.9. The molecule has 0 unspecified atom stereocenters. The Labute approximate surface area is 181 Å². The fraction of sp³-hybridized carbons (Fsp3) is 0.292. The van der Waals surface area contributed by atoms with Crippen molar-refractivity contribution in [1.82, 2.24) is 5.32 Å². The molecule has 1 fully saturated rings. The van der Waals surface area contributed by atoms with Crippen LogP contribution < -0.4 is 15.0 Å². The Hall–Kier alpha value is -2.83. The lowest BCUT2D eigenvalue weighted by Gasteiger charge is -2.28. The molecule has 1 aliphatic rings. The van der Waals surface area contributed by atoms with E-state index in [0.717, 1.165) is 51.0 Å². The zero-order chi connectivity index (χ0) is 20.9. The van der Waals surface area contributed by atoms with E-state index in [4.69, 9.17) is 9.47 Å². The standard InChI is InChI=1S/C24H26N2O3S/c1-17-8-9-18(14-21(17)28-2)16-25-23(27)22-15-20(19-6-4-3-5-7-19)24(30-22)26-10-12-29-13-11-26/h3-9,14-15H,10-13,16H2,1-2H3,(H,25,27). The van der Waals surface area contributed by atoms with Crippen molar-refractivity contribution in [3.8, 4) is 16.9 Å². The first kappa shape index (κ1) is 20.4. The average molecular weight is 423 g/mol. The lowest BCUT2D eigenvalue weighted by Crippen LogP contribution is -2.35. The fourth-order valence-corrected chi connectivity index (χ4v) is 4.71. The van der Waals surface area contributed by atoms with E-state index in [0.29, 0.717) is 19.8 Å². The molecule has 2 aromatic carbocycles. The zero-order valence-corrected chi connectivity index (χ0v) is 18.1. The van der Waals surface area contributed by atoms with Crippen molar-refractivity contribution < 1.29 is 14.3 Å². The number of ether oxygens (including phenoxy) is 2. The number of anilines is 1. The molecule has 0 bridgehead atoms. The summed E-state index contributed by atoms with van der Waals surface area (Å²) in [4.78, 5) is 16.0. The maximum absolute atomic E-state index is 12.9. The van der Waals surface area contributed by atoms with Gasteiger partial charge in [0, 0.05) is 25.2 Å². The van der Waals surface area contributed by atoms with Gasteiger partial charge in [0.1, 0.15) is 5.75 Å². The second-order valence-corrected chi connectivity index (χ2v) is 8.31. The summed E-state index contributed by atoms with van der Waals surface area (Å²) in [5.41, 5.74) is 4.31. The molecule has 6 heteroatoms. The van der Waals surface area contributed by atoms with Crippen molar-refractivity contribution in [3.05, 3.63) is 70.6 Å². The van der Waals surface area contributed by atoms with Crippen molar-refractivity contribution in [2.45, 2.75) is 13.5 Å². The predicted molar refractivity (Wildman–Crippen MR) is 122 cm³/mol. The number of nitrogens with one attached hydrogen (secondary N) is 1. The summed E-state index contributed by atoms with van der Waals surface area (Å²) in [6.07, 6.45) is 0. The van der Waals surface area contributed by atoms with Crippen LogP contribution in [0.25, 0.3) is 11.1 Å². The monoisotopic (exact) mass is 422 g/mol. The van der Waals surface area contributed by atoms with Crippen LogP contribution in [-0.2, 0) is 11.3 Å². The number of rotatable bonds is 6. The topological polar surface area (TPSA) is 50.8 Å². The summed E-state index contributed by atoms with van der Waals surface area (Å²) in [5.74, 6) is 0.773. The van der Waals surface area contributed by atoms with Crippen LogP contribution in [-0.4, -0.2) is 39.3 Å². The first-order valence-corrected chi connectivity index (χ1v) is 10.9. The van der Waals surface area contributed by atoms with Gasteiger partial charge in [-0.05, 0) is 35.7 Å². The van der Waals surface area contributed by atoms with Crippen LogP contribution in [0.4, 0.5) is 5.00 Å². The molecule has 2 heterocycles. The Morgan fingerprint density at radius 3 is 2.63 bits per heavy atom. The van der Waals surface area contributed by atoms with Crippen LogP contribution in [0.2, 0.25) is 0 Å². The number of aryl methyl sites for hydroxylation is 1. The van der Waals surface area contributed by atoms with Crippen molar-refractivity contribution >= 4 is 22.2 Å². The lowest BCUT2D eigenvalue weighted by atomic mass is 10.1. The van der Waals surface area contributed by atoms with Gasteiger partial charge in [-0.15, -0.1) is 11.3 Å². The maximum Gasteiger partial charge on any atom is 0.261 e. The van der Waals surface area contributed by atoms with Crippen LogP contribution in [0.1, 0.15) is 20.8 Å². The number of hydrogen-bond acceptors (Lipinski definition) is 5.